The van der Waals surface area contributed by atoms with Crippen LogP contribution < -0.4 is 4.90 Å². The first-order chi connectivity index (χ1) is 9.69. The Morgan fingerprint density at radius 3 is 2.80 bits per heavy atom. The van der Waals surface area contributed by atoms with Crippen LogP contribution >= 0.6 is 11.6 Å². The van der Waals surface area contributed by atoms with E-state index in [9.17, 15) is 4.39 Å². The van der Waals surface area contributed by atoms with Crippen molar-refractivity contribution in [2.24, 2.45) is 5.92 Å². The number of anilines is 1. The van der Waals surface area contributed by atoms with Gasteiger partial charge in [-0.15, -0.1) is 0 Å². The average molecular weight is 294 g/mol. The summed E-state index contributed by atoms with van der Waals surface area (Å²) in [6, 6.07) is 1.35. The van der Waals surface area contributed by atoms with Gasteiger partial charge in [0, 0.05) is 18.9 Å². The topological polar surface area (TPSA) is 19.4 Å². The van der Waals surface area contributed by atoms with Crippen molar-refractivity contribution in [2.45, 2.75) is 24.8 Å². The Morgan fingerprint density at radius 1 is 1.35 bits per heavy atom. The summed E-state index contributed by atoms with van der Waals surface area (Å²) in [5, 5.41) is 0.345. The maximum absolute atomic E-state index is 14.2. The first kappa shape index (κ1) is 12.6. The molecule has 2 bridgehead atoms. The molecule has 0 amide bonds. The van der Waals surface area contributed by atoms with Crippen molar-refractivity contribution in [3.05, 3.63) is 35.4 Å². The molecule has 0 radical (unpaired) electrons. The summed E-state index contributed by atoms with van der Waals surface area (Å²) in [6.45, 7) is 3.36. The van der Waals surface area contributed by atoms with Crippen LogP contribution in [0.4, 0.5) is 10.2 Å². The second kappa shape index (κ2) is 4.43. The highest BCUT2D eigenvalue weighted by Crippen LogP contribution is 2.46. The second-order valence-corrected chi connectivity index (χ2v) is 6.51. The molecule has 5 rings (SSSR count). The number of fused-ring (bicyclic) bond motifs is 2. The van der Waals surface area contributed by atoms with E-state index in [0.717, 1.165) is 13.0 Å². The molecule has 0 saturated carbocycles. The fourth-order valence-corrected chi connectivity index (χ4v) is 4.27. The predicted molar refractivity (Wildman–Crippen MR) is 77.3 cm³/mol. The number of hydrogen-bond donors (Lipinski definition) is 0. The lowest BCUT2D eigenvalue weighted by Gasteiger charge is -2.55. The minimum Gasteiger partial charge on any atom is -0.323 e. The van der Waals surface area contributed by atoms with Gasteiger partial charge in [0.05, 0.1) is 10.6 Å². The molecule has 4 aliphatic rings. The lowest BCUT2D eigenvalue weighted by Crippen LogP contribution is -2.64. The van der Waals surface area contributed by atoms with Crippen molar-refractivity contribution < 1.29 is 4.39 Å². The van der Waals surface area contributed by atoms with E-state index in [1.165, 1.54) is 38.2 Å². The highest BCUT2D eigenvalue weighted by molar-refractivity contribution is 6.30. The Morgan fingerprint density at radius 2 is 2.15 bits per heavy atom. The van der Waals surface area contributed by atoms with Crippen LogP contribution in [0.3, 0.4) is 0 Å². The van der Waals surface area contributed by atoms with Crippen molar-refractivity contribution in [1.82, 2.24) is 9.88 Å². The van der Waals surface area contributed by atoms with E-state index in [2.05, 4.69) is 20.9 Å². The molecule has 0 unspecified atom stereocenters. The van der Waals surface area contributed by atoms with E-state index in [1.807, 2.05) is 6.20 Å². The van der Waals surface area contributed by atoms with E-state index >= 15 is 0 Å². The highest BCUT2D eigenvalue weighted by Gasteiger charge is 2.51. The summed E-state index contributed by atoms with van der Waals surface area (Å²) in [4.78, 5) is 8.80. The van der Waals surface area contributed by atoms with Crippen LogP contribution in [0, 0.1) is 11.7 Å². The Bertz CT molecular complexity index is 568. The summed E-state index contributed by atoms with van der Waals surface area (Å²) in [5.41, 5.74) is -0.00182. The zero-order valence-corrected chi connectivity index (χ0v) is 12.0. The highest BCUT2D eigenvalue weighted by atomic mass is 35.5. The van der Waals surface area contributed by atoms with Crippen LogP contribution in [0.1, 0.15) is 19.3 Å². The molecule has 1 aromatic rings. The van der Waals surface area contributed by atoms with Crippen molar-refractivity contribution in [3.63, 3.8) is 0 Å². The Kier molecular flexibility index (Phi) is 2.79. The normalized spacial score (nSPS) is 35.2. The van der Waals surface area contributed by atoms with E-state index in [0.29, 0.717) is 16.8 Å². The molecule has 3 nitrogen and oxygen atoms in total. The first-order valence-electron chi connectivity index (χ1n) is 7.18. The fourth-order valence-electron chi connectivity index (χ4n) is 4.12. The van der Waals surface area contributed by atoms with Crippen LogP contribution in [-0.2, 0) is 0 Å². The second-order valence-electron chi connectivity index (χ2n) is 6.07. The van der Waals surface area contributed by atoms with Gasteiger partial charge in [0.15, 0.2) is 11.6 Å². The summed E-state index contributed by atoms with van der Waals surface area (Å²) >= 11 is 5.82. The van der Waals surface area contributed by atoms with E-state index in [4.69, 9.17) is 11.6 Å². The molecule has 1 aromatic heterocycles. The minimum atomic E-state index is -0.333. The third-order valence-corrected chi connectivity index (χ3v) is 5.27. The van der Waals surface area contributed by atoms with Gasteiger partial charge in [-0.2, -0.15) is 0 Å². The third kappa shape index (κ3) is 1.71. The average Bonchev–Trinajstić information content (AvgIpc) is 2.83. The SMILES string of the molecule is Fc1cc(Cl)cnc1N1C=CC[C@@]12CN1CCC2CC1. The smallest absolute Gasteiger partial charge is 0.169 e. The maximum atomic E-state index is 14.2. The molecule has 0 aromatic carbocycles. The van der Waals surface area contributed by atoms with Crippen molar-refractivity contribution in [3.8, 4) is 0 Å². The molecule has 0 aliphatic carbocycles. The van der Waals surface area contributed by atoms with Crippen LogP contribution in [0.5, 0.6) is 0 Å². The lowest BCUT2D eigenvalue weighted by molar-refractivity contribution is 0.0330. The van der Waals surface area contributed by atoms with Crippen LogP contribution in [-0.4, -0.2) is 35.1 Å². The molecule has 5 heteroatoms. The molecule has 1 spiro atoms. The first-order valence-corrected chi connectivity index (χ1v) is 7.56. The van der Waals surface area contributed by atoms with Gasteiger partial charge in [-0.3, -0.25) is 0 Å². The van der Waals surface area contributed by atoms with Crippen LogP contribution in [0.2, 0.25) is 5.02 Å². The molecule has 5 heterocycles. The number of piperidine rings is 3. The summed E-state index contributed by atoms with van der Waals surface area (Å²) in [5.74, 6) is 0.705. The van der Waals surface area contributed by atoms with Crippen LogP contribution in [0.25, 0.3) is 0 Å². The number of halogens is 2. The number of nitrogens with zero attached hydrogens (tertiary/aromatic N) is 3. The van der Waals surface area contributed by atoms with Crippen molar-refractivity contribution >= 4 is 17.4 Å². The Labute approximate surface area is 123 Å². The molecule has 1 atom stereocenters. The number of hydrogen-bond acceptors (Lipinski definition) is 3. The van der Waals surface area contributed by atoms with Gasteiger partial charge >= 0.3 is 0 Å². The van der Waals surface area contributed by atoms with E-state index in [-0.39, 0.29) is 11.4 Å². The molecular formula is C15H17ClFN3. The number of rotatable bonds is 1. The van der Waals surface area contributed by atoms with Gasteiger partial charge in [0.25, 0.3) is 0 Å². The predicted octanol–water partition coefficient (Wildman–Crippen LogP) is 3.06. The van der Waals surface area contributed by atoms with Crippen LogP contribution in [0.15, 0.2) is 24.5 Å². The van der Waals surface area contributed by atoms with Gasteiger partial charge in [-0.05, 0) is 44.3 Å². The molecule has 4 aliphatic heterocycles. The van der Waals surface area contributed by atoms with Crippen molar-refractivity contribution in [1.29, 1.82) is 0 Å². The molecule has 20 heavy (non-hydrogen) atoms. The minimum absolute atomic E-state index is 0.00182. The van der Waals surface area contributed by atoms with E-state index in [1.54, 1.807) is 0 Å². The quantitative estimate of drug-likeness (QED) is 0.793. The molecular weight excluding hydrogens is 277 g/mol. The van der Waals surface area contributed by atoms with Gasteiger partial charge in [-0.1, -0.05) is 17.7 Å². The third-order valence-electron chi connectivity index (χ3n) is 5.07. The van der Waals surface area contributed by atoms with Gasteiger partial charge in [0.2, 0.25) is 0 Å². The lowest BCUT2D eigenvalue weighted by atomic mass is 9.71. The summed E-state index contributed by atoms with van der Waals surface area (Å²) in [6.07, 6.45) is 9.07. The number of aromatic nitrogens is 1. The maximum Gasteiger partial charge on any atom is 0.169 e. The van der Waals surface area contributed by atoms with Crippen molar-refractivity contribution in [2.75, 3.05) is 24.5 Å². The Hall–Kier alpha value is -1.13. The molecule has 0 N–H and O–H groups in total. The van der Waals surface area contributed by atoms with Gasteiger partial charge in [0.1, 0.15) is 0 Å². The van der Waals surface area contributed by atoms with Gasteiger partial charge in [-0.25, -0.2) is 9.37 Å². The number of pyridine rings is 1. The zero-order chi connectivity index (χ0) is 13.7. The largest absolute Gasteiger partial charge is 0.323 e. The summed E-state index contributed by atoms with van der Waals surface area (Å²) in [7, 11) is 0. The monoisotopic (exact) mass is 293 g/mol. The molecule has 3 saturated heterocycles. The van der Waals surface area contributed by atoms with Gasteiger partial charge < -0.3 is 9.80 Å². The van der Waals surface area contributed by atoms with E-state index < -0.39 is 0 Å². The summed E-state index contributed by atoms with van der Waals surface area (Å²) < 4.78 is 14.2. The molecule has 3 fully saturated rings. The standard InChI is InChI=1S/C15H17ClFN3/c16-12-8-13(17)14(18-9-12)20-5-1-4-15(20)10-19-6-2-11(15)3-7-19/h1,5,8-9,11H,2-4,6-7,10H2/t15-/m0/s1. The molecule has 106 valence electrons. The Balaban J connectivity index is 1.75. The fraction of sp³-hybridized carbons (Fsp3) is 0.533. The zero-order valence-electron chi connectivity index (χ0n) is 11.2.